The number of hydrogen-bond acceptors (Lipinski definition) is 5. The number of rotatable bonds is 4. The molecule has 0 radical (unpaired) electrons. The van der Waals surface area contributed by atoms with E-state index in [4.69, 9.17) is 4.74 Å². The third-order valence-corrected chi connectivity index (χ3v) is 5.48. The first-order valence-electron chi connectivity index (χ1n) is 10.4. The van der Waals surface area contributed by atoms with Gasteiger partial charge in [-0.3, -0.25) is 14.6 Å². The first-order chi connectivity index (χ1) is 15.2. The van der Waals surface area contributed by atoms with Gasteiger partial charge in [-0.2, -0.15) is 13.2 Å². The zero-order valence-electron chi connectivity index (χ0n) is 18.5. The molecule has 2 N–H and O–H groups in total. The molecule has 180 valence electrons. The number of carboxylic acid groups (broad SMARTS) is 1. The summed E-state index contributed by atoms with van der Waals surface area (Å²) in [6.07, 6.45) is -1.74. The minimum Gasteiger partial charge on any atom is -0.481 e. The van der Waals surface area contributed by atoms with Crippen molar-refractivity contribution >= 4 is 18.0 Å². The number of hydrogen-bond donors (Lipinski definition) is 2. The maximum absolute atomic E-state index is 13.4. The number of alkyl halides is 3. The Morgan fingerprint density at radius 1 is 1.30 bits per heavy atom. The highest BCUT2D eigenvalue weighted by atomic mass is 19.4. The van der Waals surface area contributed by atoms with Gasteiger partial charge in [0.05, 0.1) is 23.4 Å². The van der Waals surface area contributed by atoms with Gasteiger partial charge in [0.1, 0.15) is 5.60 Å². The fraction of sp³-hybridized carbons (Fsp3) is 0.545. The first-order valence-corrected chi connectivity index (χ1v) is 10.4. The molecule has 2 aliphatic rings. The van der Waals surface area contributed by atoms with Gasteiger partial charge in [0, 0.05) is 31.4 Å². The van der Waals surface area contributed by atoms with Crippen LogP contribution in [0.5, 0.6) is 0 Å². The van der Waals surface area contributed by atoms with Crippen LogP contribution < -0.4 is 5.32 Å². The van der Waals surface area contributed by atoms with Crippen LogP contribution in [0.2, 0.25) is 0 Å². The number of carbonyl (C=O) groups excluding carboxylic acids is 2. The maximum atomic E-state index is 13.4. The predicted octanol–water partition coefficient (Wildman–Crippen LogP) is 3.30. The van der Waals surface area contributed by atoms with Crippen LogP contribution in [0.15, 0.2) is 24.4 Å². The normalized spacial score (nSPS) is 22.6. The zero-order chi connectivity index (χ0) is 24.6. The Kier molecular flexibility index (Phi) is 6.45. The van der Waals surface area contributed by atoms with Crippen molar-refractivity contribution in [3.63, 3.8) is 0 Å². The van der Waals surface area contributed by atoms with Crippen molar-refractivity contribution in [2.45, 2.75) is 64.4 Å². The molecule has 1 aliphatic carbocycles. The molecule has 8 nitrogen and oxygen atoms in total. The quantitative estimate of drug-likeness (QED) is 0.655. The van der Waals surface area contributed by atoms with Gasteiger partial charge in [-0.25, -0.2) is 4.79 Å². The second-order valence-electron chi connectivity index (χ2n) is 9.35. The first kappa shape index (κ1) is 24.5. The van der Waals surface area contributed by atoms with E-state index in [2.05, 4.69) is 10.3 Å². The molecule has 1 aromatic heterocycles. The van der Waals surface area contributed by atoms with Crippen LogP contribution in [0, 0.1) is 5.41 Å². The highest BCUT2D eigenvalue weighted by molar-refractivity contribution is 5.90. The molecule has 2 heterocycles. The lowest BCUT2D eigenvalue weighted by Gasteiger charge is -2.36. The highest BCUT2D eigenvalue weighted by Crippen LogP contribution is 2.39. The van der Waals surface area contributed by atoms with E-state index in [1.807, 2.05) is 0 Å². The smallest absolute Gasteiger partial charge is 0.417 e. The summed E-state index contributed by atoms with van der Waals surface area (Å²) in [5.41, 5.74) is -2.31. The van der Waals surface area contributed by atoms with E-state index in [0.29, 0.717) is 5.69 Å². The molecule has 3 rings (SSSR count). The van der Waals surface area contributed by atoms with E-state index in [9.17, 15) is 32.7 Å². The lowest BCUT2D eigenvalue weighted by atomic mass is 9.81. The van der Waals surface area contributed by atoms with Crippen molar-refractivity contribution in [1.29, 1.82) is 0 Å². The molecule has 1 aliphatic heterocycles. The van der Waals surface area contributed by atoms with Crippen molar-refractivity contribution in [2.75, 3.05) is 6.54 Å². The minimum absolute atomic E-state index is 0.00156. The maximum Gasteiger partial charge on any atom is 0.417 e. The molecular formula is C22H26F3N3O5. The number of ether oxygens (including phenoxy) is 1. The van der Waals surface area contributed by atoms with Gasteiger partial charge < -0.3 is 20.1 Å². The van der Waals surface area contributed by atoms with Crippen LogP contribution >= 0.6 is 0 Å². The molecule has 0 unspecified atom stereocenters. The largest absolute Gasteiger partial charge is 0.481 e. The van der Waals surface area contributed by atoms with Gasteiger partial charge in [-0.15, -0.1) is 0 Å². The average molecular weight is 469 g/mol. The fourth-order valence-electron chi connectivity index (χ4n) is 4.09. The number of amides is 2. The van der Waals surface area contributed by atoms with Crippen LogP contribution in [0.25, 0.3) is 0 Å². The molecule has 1 aromatic rings. The number of halogens is 3. The van der Waals surface area contributed by atoms with Gasteiger partial charge in [-0.1, -0.05) is 12.2 Å². The van der Waals surface area contributed by atoms with Crippen molar-refractivity contribution in [3.05, 3.63) is 41.2 Å². The molecule has 11 heteroatoms. The summed E-state index contributed by atoms with van der Waals surface area (Å²) in [6, 6.07) is 0.349. The van der Waals surface area contributed by atoms with Crippen LogP contribution in [-0.4, -0.2) is 51.1 Å². The van der Waals surface area contributed by atoms with Gasteiger partial charge in [0.15, 0.2) is 0 Å². The van der Waals surface area contributed by atoms with E-state index >= 15 is 0 Å². The molecule has 0 spiro atoms. The minimum atomic E-state index is -4.56. The van der Waals surface area contributed by atoms with Gasteiger partial charge in [0.25, 0.3) is 0 Å². The molecule has 2 atom stereocenters. The Labute approximate surface area is 188 Å². The predicted molar refractivity (Wildman–Crippen MR) is 110 cm³/mol. The van der Waals surface area contributed by atoms with Gasteiger partial charge >= 0.3 is 18.2 Å². The van der Waals surface area contributed by atoms with Crippen molar-refractivity contribution < 1.29 is 37.4 Å². The van der Waals surface area contributed by atoms with Crippen molar-refractivity contribution in [3.8, 4) is 0 Å². The SMILES string of the molecule is CC(C)(C)OC(=O)N[C@@H]1C=C[C@](CC(=O)O)(C(=O)N2CCc3ncc(C(F)(F)F)cc3C2)C1. The number of nitrogens with one attached hydrogen (secondary N) is 1. The second-order valence-corrected chi connectivity index (χ2v) is 9.35. The van der Waals surface area contributed by atoms with Crippen molar-refractivity contribution in [1.82, 2.24) is 15.2 Å². The summed E-state index contributed by atoms with van der Waals surface area (Å²) in [7, 11) is 0. The third kappa shape index (κ3) is 5.82. The molecule has 0 aromatic carbocycles. The number of alkyl carbamates (subject to hydrolysis) is 1. The Morgan fingerprint density at radius 3 is 2.61 bits per heavy atom. The Balaban J connectivity index is 1.78. The number of nitrogens with zero attached hydrogens (tertiary/aromatic N) is 2. The van der Waals surface area contributed by atoms with Gasteiger partial charge in [-0.05, 0) is 38.8 Å². The topological polar surface area (TPSA) is 109 Å². The second kappa shape index (κ2) is 8.68. The summed E-state index contributed by atoms with van der Waals surface area (Å²) in [6.45, 7) is 5.18. The third-order valence-electron chi connectivity index (χ3n) is 5.48. The van der Waals surface area contributed by atoms with E-state index in [-0.39, 0.29) is 31.5 Å². The zero-order valence-corrected chi connectivity index (χ0v) is 18.5. The molecule has 0 saturated heterocycles. The lowest BCUT2D eigenvalue weighted by molar-refractivity contribution is -0.149. The number of aromatic nitrogens is 1. The molecule has 2 amide bonds. The van der Waals surface area contributed by atoms with Crippen LogP contribution in [0.1, 0.15) is 50.4 Å². The molecule has 0 bridgehead atoms. The van der Waals surface area contributed by atoms with E-state index < -0.39 is 53.2 Å². The molecule has 0 fully saturated rings. The summed E-state index contributed by atoms with van der Waals surface area (Å²) >= 11 is 0. The Hall–Kier alpha value is -3.11. The number of aliphatic carboxylic acids is 1. The van der Waals surface area contributed by atoms with E-state index in [1.54, 1.807) is 26.8 Å². The Morgan fingerprint density at radius 2 is 2.00 bits per heavy atom. The van der Waals surface area contributed by atoms with Crippen molar-refractivity contribution in [2.24, 2.45) is 5.41 Å². The van der Waals surface area contributed by atoms with Gasteiger partial charge in [0.2, 0.25) is 5.91 Å². The van der Waals surface area contributed by atoms with E-state index in [1.165, 1.54) is 11.0 Å². The van der Waals surface area contributed by atoms with Crippen LogP contribution in [0.3, 0.4) is 0 Å². The molecule has 33 heavy (non-hydrogen) atoms. The highest BCUT2D eigenvalue weighted by Gasteiger charge is 2.46. The monoisotopic (exact) mass is 469 g/mol. The number of carboxylic acids is 1. The number of pyridine rings is 1. The molecular weight excluding hydrogens is 443 g/mol. The summed E-state index contributed by atoms with van der Waals surface area (Å²) in [4.78, 5) is 42.3. The van der Waals surface area contributed by atoms with Crippen LogP contribution in [0.4, 0.5) is 18.0 Å². The number of fused-ring (bicyclic) bond motifs is 1. The fourth-order valence-corrected chi connectivity index (χ4v) is 4.09. The summed E-state index contributed by atoms with van der Waals surface area (Å²) in [5, 5.41) is 12.1. The standard InChI is InChI=1S/C22H26F3N3O5/c1-20(2,3)33-19(32)27-15-4-6-21(9-15,10-17(29)30)18(31)28-7-5-16-13(12-28)8-14(11-26-16)22(23,24)25/h4,6,8,11,15H,5,7,9-10,12H2,1-3H3,(H,27,32)(H,29,30)/t15-,21+/m1/s1. The summed E-state index contributed by atoms with van der Waals surface area (Å²) in [5.74, 6) is -1.72. The van der Waals surface area contributed by atoms with E-state index in [0.717, 1.165) is 12.3 Å². The van der Waals surface area contributed by atoms with Crippen LogP contribution in [-0.2, 0) is 33.5 Å². The molecule has 0 saturated carbocycles. The lowest BCUT2D eigenvalue weighted by Crippen LogP contribution is -2.47. The average Bonchev–Trinajstić information content (AvgIpc) is 3.06. The summed E-state index contributed by atoms with van der Waals surface area (Å²) < 4.78 is 44.4. The number of carbonyl (C=O) groups is 3. The Bertz CT molecular complexity index is 986.